The van der Waals surface area contributed by atoms with Crippen LogP contribution in [0.15, 0.2) is 23.9 Å². The molecular weight excluding hydrogens is 302 g/mol. The molecule has 0 aromatic heterocycles. The zero-order valence-corrected chi connectivity index (χ0v) is 18.2. The lowest BCUT2D eigenvalue weighted by molar-refractivity contribution is 0.0213. The molecule has 1 heteroatoms. The third-order valence-electron chi connectivity index (χ3n) is 7.38. The number of allylic oxidation sites excluding steroid dienone is 3. The highest BCUT2D eigenvalue weighted by atomic mass is 14.5. The molecule has 1 aliphatic carbocycles. The van der Waals surface area contributed by atoms with Gasteiger partial charge < -0.3 is 5.73 Å². The summed E-state index contributed by atoms with van der Waals surface area (Å²) in [4.78, 5) is 0. The lowest BCUT2D eigenvalue weighted by atomic mass is 9.56. The molecule has 4 unspecified atom stereocenters. The molecule has 0 spiro atoms. The molecule has 1 rings (SSSR count). The average molecular weight is 348 g/mol. The van der Waals surface area contributed by atoms with E-state index in [1.54, 1.807) is 6.20 Å². The van der Waals surface area contributed by atoms with Gasteiger partial charge in [0.25, 0.3) is 0 Å². The monoisotopic (exact) mass is 347 g/mol. The number of hydrogen-bond acceptors (Lipinski definition) is 1. The third kappa shape index (κ3) is 5.90. The first kappa shape index (κ1) is 22.3. The molecule has 1 fully saturated rings. The molecule has 25 heavy (non-hydrogen) atoms. The summed E-state index contributed by atoms with van der Waals surface area (Å²) in [5.74, 6) is 2.58. The number of rotatable bonds is 9. The van der Waals surface area contributed by atoms with E-state index in [-0.39, 0.29) is 0 Å². The lowest BCUT2D eigenvalue weighted by Gasteiger charge is -2.49. The topological polar surface area (TPSA) is 26.0 Å². The Morgan fingerprint density at radius 1 is 1.12 bits per heavy atom. The van der Waals surface area contributed by atoms with Gasteiger partial charge in [0.1, 0.15) is 0 Å². The summed E-state index contributed by atoms with van der Waals surface area (Å²) in [6.07, 6.45) is 17.2. The van der Waals surface area contributed by atoms with E-state index in [0.29, 0.717) is 10.8 Å². The predicted molar refractivity (Wildman–Crippen MR) is 113 cm³/mol. The van der Waals surface area contributed by atoms with Crippen LogP contribution < -0.4 is 5.73 Å². The van der Waals surface area contributed by atoms with Crippen LogP contribution in [-0.2, 0) is 0 Å². The van der Waals surface area contributed by atoms with Crippen LogP contribution in [0.3, 0.4) is 0 Å². The van der Waals surface area contributed by atoms with Crippen molar-refractivity contribution in [2.24, 2.45) is 34.3 Å². The van der Waals surface area contributed by atoms with E-state index >= 15 is 0 Å². The lowest BCUT2D eigenvalue weighted by Crippen LogP contribution is -2.40. The minimum atomic E-state index is 0.294. The van der Waals surface area contributed by atoms with Crippen molar-refractivity contribution >= 4 is 0 Å². The molecule has 2 N–H and O–H groups in total. The van der Waals surface area contributed by atoms with Crippen molar-refractivity contribution in [1.29, 1.82) is 0 Å². The second-order valence-electron chi connectivity index (χ2n) is 9.48. The van der Waals surface area contributed by atoms with Crippen molar-refractivity contribution in [3.05, 3.63) is 23.9 Å². The summed E-state index contributed by atoms with van der Waals surface area (Å²) >= 11 is 0. The van der Waals surface area contributed by atoms with Gasteiger partial charge in [-0.25, -0.2) is 0 Å². The molecule has 1 saturated carbocycles. The van der Waals surface area contributed by atoms with E-state index in [2.05, 4.69) is 60.6 Å². The van der Waals surface area contributed by atoms with Gasteiger partial charge in [-0.2, -0.15) is 0 Å². The normalized spacial score (nSPS) is 28.3. The number of nitrogens with two attached hydrogens (primary N) is 1. The van der Waals surface area contributed by atoms with Gasteiger partial charge in [0, 0.05) is 0 Å². The van der Waals surface area contributed by atoms with Gasteiger partial charge in [0.2, 0.25) is 0 Å². The molecule has 0 heterocycles. The molecule has 0 aromatic rings. The van der Waals surface area contributed by atoms with Crippen LogP contribution in [0.4, 0.5) is 0 Å². The summed E-state index contributed by atoms with van der Waals surface area (Å²) in [5.41, 5.74) is 7.60. The first-order valence-electron chi connectivity index (χ1n) is 10.8. The Morgan fingerprint density at radius 2 is 1.80 bits per heavy atom. The zero-order valence-electron chi connectivity index (χ0n) is 18.2. The highest BCUT2D eigenvalue weighted by molar-refractivity contribution is 5.18. The van der Waals surface area contributed by atoms with Crippen molar-refractivity contribution in [1.82, 2.24) is 0 Å². The van der Waals surface area contributed by atoms with Gasteiger partial charge in [-0.05, 0) is 79.4 Å². The van der Waals surface area contributed by atoms with Crippen molar-refractivity contribution < 1.29 is 0 Å². The summed E-state index contributed by atoms with van der Waals surface area (Å²) in [5, 5.41) is 0. The Balaban J connectivity index is 3.00. The summed E-state index contributed by atoms with van der Waals surface area (Å²) in [7, 11) is 0. The fraction of sp³-hybridized carbons (Fsp3) is 0.833. The summed E-state index contributed by atoms with van der Waals surface area (Å²) in [6.45, 7) is 16.7. The average Bonchev–Trinajstić information content (AvgIpc) is 2.63. The Bertz CT molecular complexity index is 445. The van der Waals surface area contributed by atoms with Crippen LogP contribution in [0.2, 0.25) is 0 Å². The van der Waals surface area contributed by atoms with Crippen LogP contribution in [-0.4, -0.2) is 0 Å². The quantitative estimate of drug-likeness (QED) is 0.430. The largest absolute Gasteiger partial charge is 0.404 e. The molecule has 1 aliphatic rings. The van der Waals surface area contributed by atoms with Crippen molar-refractivity contribution in [2.45, 2.75) is 99.8 Å². The van der Waals surface area contributed by atoms with Crippen LogP contribution >= 0.6 is 0 Å². The maximum absolute atomic E-state index is 5.67. The van der Waals surface area contributed by atoms with Gasteiger partial charge in [-0.3, -0.25) is 0 Å². The van der Waals surface area contributed by atoms with Gasteiger partial charge in [-0.15, -0.1) is 0 Å². The zero-order chi connectivity index (χ0) is 19.1. The number of hydrogen-bond donors (Lipinski definition) is 1. The Morgan fingerprint density at radius 3 is 2.32 bits per heavy atom. The second-order valence-corrected chi connectivity index (χ2v) is 9.48. The summed E-state index contributed by atoms with van der Waals surface area (Å²) in [6, 6.07) is 0. The van der Waals surface area contributed by atoms with Crippen molar-refractivity contribution in [2.75, 3.05) is 0 Å². The van der Waals surface area contributed by atoms with Gasteiger partial charge in [-0.1, -0.05) is 73.0 Å². The molecule has 0 bridgehead atoms. The Labute approximate surface area is 158 Å². The molecule has 0 aliphatic heterocycles. The van der Waals surface area contributed by atoms with Gasteiger partial charge in [0.15, 0.2) is 0 Å². The predicted octanol–water partition coefficient (Wildman–Crippen LogP) is 7.48. The molecule has 0 radical (unpaired) electrons. The van der Waals surface area contributed by atoms with E-state index in [0.717, 1.165) is 17.8 Å². The van der Waals surface area contributed by atoms with Crippen molar-refractivity contribution in [3.8, 4) is 0 Å². The van der Waals surface area contributed by atoms with Crippen LogP contribution in [0.5, 0.6) is 0 Å². The van der Waals surface area contributed by atoms with E-state index < -0.39 is 0 Å². The molecule has 0 saturated heterocycles. The van der Waals surface area contributed by atoms with E-state index in [1.165, 1.54) is 56.9 Å². The smallest absolute Gasteiger partial charge is 0.00327 e. The Kier molecular flexibility index (Phi) is 8.78. The van der Waals surface area contributed by atoms with E-state index in [9.17, 15) is 0 Å². The fourth-order valence-electron chi connectivity index (χ4n) is 5.02. The second kappa shape index (κ2) is 9.83. The maximum Gasteiger partial charge on any atom is -0.00327 e. The van der Waals surface area contributed by atoms with Crippen LogP contribution in [0, 0.1) is 28.6 Å². The van der Waals surface area contributed by atoms with Gasteiger partial charge in [0.05, 0.1) is 0 Å². The molecule has 0 aromatic carbocycles. The minimum absolute atomic E-state index is 0.294. The third-order valence-corrected chi connectivity index (χ3v) is 7.38. The highest BCUT2D eigenvalue weighted by Gasteiger charge is 2.43. The Hall–Kier alpha value is -0.720. The van der Waals surface area contributed by atoms with Crippen LogP contribution in [0.1, 0.15) is 99.8 Å². The molecular formula is C24H45N. The standard InChI is InChI=1S/C24H45N/c1-8-11-15-23(5,6)22-17-21(13-12-20(22)9-2)24(7,10-3)16-14-19(4)18-25/h14,16,18,20-22H,8-13,15,17,25H2,1-7H3/b16-14+,19-18+. The SMILES string of the molecule is CCCCC(C)(C)C1CC(C(C)(/C=C/C(C)=C/N)CC)CCC1CC. The molecule has 0 amide bonds. The summed E-state index contributed by atoms with van der Waals surface area (Å²) < 4.78 is 0. The minimum Gasteiger partial charge on any atom is -0.404 e. The molecule has 146 valence electrons. The first-order chi connectivity index (χ1) is 11.7. The fourth-order valence-corrected chi connectivity index (χ4v) is 5.02. The molecule has 4 atom stereocenters. The molecule has 1 nitrogen and oxygen atoms in total. The van der Waals surface area contributed by atoms with E-state index in [1.807, 2.05) is 0 Å². The van der Waals surface area contributed by atoms with E-state index in [4.69, 9.17) is 5.73 Å². The number of unbranched alkanes of at least 4 members (excludes halogenated alkanes) is 1. The maximum atomic E-state index is 5.67. The van der Waals surface area contributed by atoms with Crippen molar-refractivity contribution in [3.63, 3.8) is 0 Å². The first-order valence-corrected chi connectivity index (χ1v) is 10.8. The van der Waals surface area contributed by atoms with Crippen LogP contribution in [0.25, 0.3) is 0 Å². The van der Waals surface area contributed by atoms with Gasteiger partial charge >= 0.3 is 0 Å². The highest BCUT2D eigenvalue weighted by Crippen LogP contribution is 2.52.